The van der Waals surface area contributed by atoms with E-state index >= 15 is 0 Å². The SMILES string of the molecule is CCC(NC)c1ccccc1N(C)CC(C)O. The number of aliphatic hydroxyl groups excluding tert-OH is 1. The fourth-order valence-electron chi connectivity index (χ4n) is 2.20. The Balaban J connectivity index is 2.98. The molecule has 0 radical (unpaired) electrons. The zero-order valence-electron chi connectivity index (χ0n) is 11.3. The van der Waals surface area contributed by atoms with Gasteiger partial charge in [0.05, 0.1) is 6.10 Å². The number of anilines is 1. The molecule has 17 heavy (non-hydrogen) atoms. The summed E-state index contributed by atoms with van der Waals surface area (Å²) in [7, 11) is 4.01. The van der Waals surface area contributed by atoms with Crippen molar-refractivity contribution in [3.8, 4) is 0 Å². The van der Waals surface area contributed by atoms with Gasteiger partial charge in [0.15, 0.2) is 0 Å². The third kappa shape index (κ3) is 3.72. The lowest BCUT2D eigenvalue weighted by atomic mass is 10.0. The third-order valence-corrected chi connectivity index (χ3v) is 3.02. The van der Waals surface area contributed by atoms with E-state index in [-0.39, 0.29) is 6.10 Å². The first-order valence-corrected chi connectivity index (χ1v) is 6.25. The number of para-hydroxylation sites is 1. The second kappa shape index (κ2) is 6.62. The van der Waals surface area contributed by atoms with Crippen LogP contribution in [0.1, 0.15) is 31.9 Å². The highest BCUT2D eigenvalue weighted by atomic mass is 16.3. The van der Waals surface area contributed by atoms with E-state index in [4.69, 9.17) is 0 Å². The van der Waals surface area contributed by atoms with Gasteiger partial charge in [-0.05, 0) is 32.0 Å². The number of aliphatic hydroxyl groups is 1. The topological polar surface area (TPSA) is 35.5 Å². The van der Waals surface area contributed by atoms with Crippen LogP contribution < -0.4 is 10.2 Å². The van der Waals surface area contributed by atoms with E-state index in [0.717, 1.165) is 6.42 Å². The lowest BCUT2D eigenvalue weighted by Crippen LogP contribution is -2.29. The molecule has 1 aromatic rings. The van der Waals surface area contributed by atoms with Gasteiger partial charge in [-0.2, -0.15) is 0 Å². The third-order valence-electron chi connectivity index (χ3n) is 3.02. The number of nitrogens with zero attached hydrogens (tertiary/aromatic N) is 1. The summed E-state index contributed by atoms with van der Waals surface area (Å²) < 4.78 is 0. The van der Waals surface area contributed by atoms with Crippen molar-refractivity contribution < 1.29 is 5.11 Å². The van der Waals surface area contributed by atoms with E-state index < -0.39 is 0 Å². The maximum atomic E-state index is 9.47. The van der Waals surface area contributed by atoms with Crippen molar-refractivity contribution in [3.05, 3.63) is 29.8 Å². The maximum absolute atomic E-state index is 9.47. The number of hydrogen-bond acceptors (Lipinski definition) is 3. The lowest BCUT2D eigenvalue weighted by molar-refractivity contribution is 0.201. The highest BCUT2D eigenvalue weighted by Gasteiger charge is 2.14. The molecule has 3 nitrogen and oxygen atoms in total. The van der Waals surface area contributed by atoms with Crippen molar-refractivity contribution in [1.82, 2.24) is 5.32 Å². The van der Waals surface area contributed by atoms with Gasteiger partial charge in [0.1, 0.15) is 0 Å². The molecule has 1 aromatic carbocycles. The molecule has 0 aliphatic rings. The van der Waals surface area contributed by atoms with Gasteiger partial charge in [-0.15, -0.1) is 0 Å². The second-order valence-corrected chi connectivity index (χ2v) is 4.54. The Hall–Kier alpha value is -1.06. The van der Waals surface area contributed by atoms with Gasteiger partial charge in [-0.1, -0.05) is 25.1 Å². The molecule has 0 aliphatic heterocycles. The molecule has 0 saturated carbocycles. The number of hydrogen-bond donors (Lipinski definition) is 2. The Morgan fingerprint density at radius 1 is 1.35 bits per heavy atom. The number of nitrogens with one attached hydrogen (secondary N) is 1. The molecule has 3 heteroatoms. The van der Waals surface area contributed by atoms with Crippen LogP contribution in [-0.2, 0) is 0 Å². The van der Waals surface area contributed by atoms with Crippen LogP contribution in [0, 0.1) is 0 Å². The molecular weight excluding hydrogens is 212 g/mol. The summed E-state index contributed by atoms with van der Waals surface area (Å²) in [6.07, 6.45) is 0.735. The van der Waals surface area contributed by atoms with Crippen LogP contribution >= 0.6 is 0 Å². The fourth-order valence-corrected chi connectivity index (χ4v) is 2.20. The van der Waals surface area contributed by atoms with Crippen LogP contribution in [0.4, 0.5) is 5.69 Å². The minimum Gasteiger partial charge on any atom is -0.392 e. The van der Waals surface area contributed by atoms with E-state index in [2.05, 4.69) is 35.3 Å². The van der Waals surface area contributed by atoms with Crippen LogP contribution in [0.25, 0.3) is 0 Å². The van der Waals surface area contributed by atoms with Gasteiger partial charge in [0.25, 0.3) is 0 Å². The van der Waals surface area contributed by atoms with Gasteiger partial charge in [0, 0.05) is 25.3 Å². The molecule has 2 unspecified atom stereocenters. The average Bonchev–Trinajstić information content (AvgIpc) is 2.30. The standard InChI is InChI=1S/C14H24N2O/c1-5-13(15-3)12-8-6-7-9-14(12)16(4)10-11(2)17/h6-9,11,13,15,17H,5,10H2,1-4H3. The number of likely N-dealkylation sites (N-methyl/N-ethyl adjacent to an activating group) is 1. The zero-order chi connectivity index (χ0) is 12.8. The Kier molecular flexibility index (Phi) is 5.45. The van der Waals surface area contributed by atoms with Crippen LogP contribution in [0.5, 0.6) is 0 Å². The summed E-state index contributed by atoms with van der Waals surface area (Å²) in [5.41, 5.74) is 2.48. The Morgan fingerprint density at radius 2 is 2.00 bits per heavy atom. The van der Waals surface area contributed by atoms with Gasteiger partial charge < -0.3 is 15.3 Å². The largest absolute Gasteiger partial charge is 0.392 e. The summed E-state index contributed by atoms with van der Waals surface area (Å²) in [5, 5.41) is 12.8. The predicted octanol–water partition coefficient (Wildman–Crippen LogP) is 2.17. The summed E-state index contributed by atoms with van der Waals surface area (Å²) >= 11 is 0. The smallest absolute Gasteiger partial charge is 0.0686 e. The molecule has 1 rings (SSSR count). The first-order chi connectivity index (χ1) is 8.10. The summed E-state index contributed by atoms with van der Waals surface area (Å²) in [6, 6.07) is 8.73. The van der Waals surface area contributed by atoms with E-state index in [0.29, 0.717) is 12.6 Å². The molecule has 0 saturated heterocycles. The quantitative estimate of drug-likeness (QED) is 0.794. The number of benzene rings is 1. The molecule has 0 heterocycles. The van der Waals surface area contributed by atoms with Crippen LogP contribution in [0.2, 0.25) is 0 Å². The fraction of sp³-hybridized carbons (Fsp3) is 0.571. The van der Waals surface area contributed by atoms with E-state index in [1.54, 1.807) is 0 Å². The van der Waals surface area contributed by atoms with Crippen LogP contribution in [-0.4, -0.2) is 31.9 Å². The van der Waals surface area contributed by atoms with E-state index in [9.17, 15) is 5.11 Å². The van der Waals surface area contributed by atoms with Crippen molar-refractivity contribution in [2.75, 3.05) is 25.5 Å². The normalized spacial score (nSPS) is 14.4. The summed E-state index contributed by atoms with van der Waals surface area (Å²) in [5.74, 6) is 0. The van der Waals surface area contributed by atoms with Crippen LogP contribution in [0.3, 0.4) is 0 Å². The first kappa shape index (κ1) is 14.0. The van der Waals surface area contributed by atoms with Crippen molar-refractivity contribution in [2.24, 2.45) is 0 Å². The van der Waals surface area contributed by atoms with Crippen molar-refractivity contribution in [3.63, 3.8) is 0 Å². The minimum absolute atomic E-state index is 0.317. The molecule has 2 N–H and O–H groups in total. The second-order valence-electron chi connectivity index (χ2n) is 4.54. The Morgan fingerprint density at radius 3 is 2.53 bits per heavy atom. The van der Waals surface area contributed by atoms with Gasteiger partial charge in [0.2, 0.25) is 0 Å². The lowest BCUT2D eigenvalue weighted by Gasteiger charge is -2.27. The molecule has 0 aliphatic carbocycles. The van der Waals surface area contributed by atoms with E-state index in [1.165, 1.54) is 11.3 Å². The minimum atomic E-state index is -0.317. The molecule has 0 spiro atoms. The molecular formula is C14H24N2O. The molecule has 0 aromatic heterocycles. The van der Waals surface area contributed by atoms with E-state index in [1.807, 2.05) is 27.1 Å². The Labute approximate surface area is 104 Å². The van der Waals surface area contributed by atoms with Gasteiger partial charge >= 0.3 is 0 Å². The van der Waals surface area contributed by atoms with Gasteiger partial charge in [-0.25, -0.2) is 0 Å². The highest BCUT2D eigenvalue weighted by Crippen LogP contribution is 2.27. The first-order valence-electron chi connectivity index (χ1n) is 6.25. The molecule has 0 bridgehead atoms. The van der Waals surface area contributed by atoms with Gasteiger partial charge in [-0.3, -0.25) is 0 Å². The molecule has 0 amide bonds. The van der Waals surface area contributed by atoms with Crippen molar-refractivity contribution in [1.29, 1.82) is 0 Å². The predicted molar refractivity (Wildman–Crippen MR) is 73.5 cm³/mol. The molecule has 0 fully saturated rings. The van der Waals surface area contributed by atoms with Crippen molar-refractivity contribution >= 4 is 5.69 Å². The maximum Gasteiger partial charge on any atom is 0.0686 e. The number of rotatable bonds is 6. The van der Waals surface area contributed by atoms with Crippen LogP contribution in [0.15, 0.2) is 24.3 Å². The zero-order valence-corrected chi connectivity index (χ0v) is 11.3. The van der Waals surface area contributed by atoms with Crippen molar-refractivity contribution in [2.45, 2.75) is 32.4 Å². The Bertz CT molecular complexity index is 335. The monoisotopic (exact) mass is 236 g/mol. The molecule has 96 valence electrons. The average molecular weight is 236 g/mol. The molecule has 2 atom stereocenters. The summed E-state index contributed by atoms with van der Waals surface area (Å²) in [6.45, 7) is 4.64. The highest BCUT2D eigenvalue weighted by molar-refractivity contribution is 5.54. The summed E-state index contributed by atoms with van der Waals surface area (Å²) in [4.78, 5) is 2.11.